The van der Waals surface area contributed by atoms with Crippen LogP contribution in [0.2, 0.25) is 0 Å². The lowest BCUT2D eigenvalue weighted by atomic mass is 9.97. The highest BCUT2D eigenvalue weighted by Gasteiger charge is 2.21. The standard InChI is InChI=1S/C44H27NOS/c1-3-16-32-28(11-1)13-8-20-37(32)45(38-21-10-24-41-43(38)35-18-5-6-23-40(35)47-41)31-15-7-14-30(27-31)33-19-9-22-39-42(33)36-26-25-29-12-2-4-17-34(29)44(36)46-39/h1-27H. The van der Waals surface area contributed by atoms with Crippen LogP contribution in [0, 0.1) is 0 Å². The van der Waals surface area contributed by atoms with Crippen LogP contribution in [-0.2, 0) is 0 Å². The van der Waals surface area contributed by atoms with Crippen molar-refractivity contribution in [3.63, 3.8) is 0 Å². The fourth-order valence-corrected chi connectivity index (χ4v) is 8.49. The molecule has 0 aliphatic rings. The van der Waals surface area contributed by atoms with Gasteiger partial charge in [0, 0.05) is 47.4 Å². The molecule has 0 amide bonds. The number of thiophene rings is 1. The Morgan fingerprint density at radius 1 is 0.447 bits per heavy atom. The predicted octanol–water partition coefficient (Wildman–Crippen LogP) is 13.4. The van der Waals surface area contributed by atoms with Crippen molar-refractivity contribution in [1.82, 2.24) is 0 Å². The summed E-state index contributed by atoms with van der Waals surface area (Å²) in [5.41, 5.74) is 7.59. The van der Waals surface area contributed by atoms with Crippen molar-refractivity contribution in [2.45, 2.75) is 0 Å². The van der Waals surface area contributed by atoms with Gasteiger partial charge < -0.3 is 9.32 Å². The lowest BCUT2D eigenvalue weighted by Crippen LogP contribution is -2.11. The summed E-state index contributed by atoms with van der Waals surface area (Å²) < 4.78 is 9.15. The second-order valence-electron chi connectivity index (χ2n) is 12.1. The van der Waals surface area contributed by atoms with Crippen molar-refractivity contribution in [2.75, 3.05) is 4.90 Å². The summed E-state index contributed by atoms with van der Waals surface area (Å²) in [5, 5.41) is 9.60. The van der Waals surface area contributed by atoms with Gasteiger partial charge in [0.25, 0.3) is 0 Å². The molecule has 0 atom stereocenters. The summed E-state index contributed by atoms with van der Waals surface area (Å²) in [7, 11) is 0. The Hall–Kier alpha value is -5.90. The van der Waals surface area contributed by atoms with Crippen molar-refractivity contribution >= 4 is 92.1 Å². The van der Waals surface area contributed by atoms with Gasteiger partial charge in [0.15, 0.2) is 0 Å². The normalized spacial score (nSPS) is 11.8. The van der Waals surface area contributed by atoms with E-state index in [0.717, 1.165) is 49.8 Å². The van der Waals surface area contributed by atoms with Gasteiger partial charge in [-0.1, -0.05) is 115 Å². The van der Waals surface area contributed by atoms with Crippen LogP contribution in [0.1, 0.15) is 0 Å². The van der Waals surface area contributed by atoms with E-state index in [2.05, 4.69) is 169 Å². The molecule has 0 unspecified atom stereocenters. The zero-order valence-electron chi connectivity index (χ0n) is 25.4. The highest BCUT2D eigenvalue weighted by Crippen LogP contribution is 2.47. The topological polar surface area (TPSA) is 16.4 Å². The number of anilines is 3. The summed E-state index contributed by atoms with van der Waals surface area (Å²) in [4.78, 5) is 2.45. The van der Waals surface area contributed by atoms with Gasteiger partial charge in [-0.15, -0.1) is 11.3 Å². The van der Waals surface area contributed by atoms with E-state index in [9.17, 15) is 0 Å². The quantitative estimate of drug-likeness (QED) is 0.195. The molecule has 0 aliphatic carbocycles. The number of fused-ring (bicyclic) bond motifs is 9. The molecule has 0 saturated carbocycles. The Kier molecular flexibility index (Phi) is 5.78. The summed E-state index contributed by atoms with van der Waals surface area (Å²) in [6.07, 6.45) is 0. The van der Waals surface area contributed by atoms with E-state index >= 15 is 0 Å². The van der Waals surface area contributed by atoms with Crippen molar-refractivity contribution in [3.8, 4) is 11.1 Å². The first-order valence-electron chi connectivity index (χ1n) is 15.9. The molecule has 2 heterocycles. The third kappa shape index (κ3) is 4.04. The Labute approximate surface area is 275 Å². The molecule has 47 heavy (non-hydrogen) atoms. The largest absolute Gasteiger partial charge is 0.455 e. The molecule has 0 radical (unpaired) electrons. The first kappa shape index (κ1) is 26.3. The van der Waals surface area contributed by atoms with Gasteiger partial charge in [0.05, 0.1) is 11.4 Å². The van der Waals surface area contributed by atoms with E-state index in [1.54, 1.807) is 0 Å². The second-order valence-corrected chi connectivity index (χ2v) is 13.2. The number of nitrogens with zero attached hydrogens (tertiary/aromatic N) is 1. The van der Waals surface area contributed by atoms with Gasteiger partial charge in [-0.2, -0.15) is 0 Å². The maximum atomic E-state index is 6.56. The van der Waals surface area contributed by atoms with E-state index in [0.29, 0.717) is 0 Å². The molecule has 10 aromatic rings. The van der Waals surface area contributed by atoms with Crippen LogP contribution in [0.4, 0.5) is 17.1 Å². The number of benzene rings is 8. The maximum absolute atomic E-state index is 6.56. The molecule has 8 aromatic carbocycles. The van der Waals surface area contributed by atoms with Gasteiger partial charge in [-0.25, -0.2) is 0 Å². The Bertz CT molecular complexity index is 2820. The Balaban J connectivity index is 1.25. The van der Waals surface area contributed by atoms with Crippen LogP contribution in [-0.4, -0.2) is 0 Å². The minimum absolute atomic E-state index is 0.902. The fourth-order valence-electron chi connectivity index (χ4n) is 7.36. The van der Waals surface area contributed by atoms with Crippen LogP contribution < -0.4 is 4.90 Å². The highest BCUT2D eigenvalue weighted by atomic mass is 32.1. The van der Waals surface area contributed by atoms with Gasteiger partial charge in [0.2, 0.25) is 0 Å². The first-order chi connectivity index (χ1) is 23.3. The molecule has 3 heteroatoms. The van der Waals surface area contributed by atoms with Crippen LogP contribution in [0.15, 0.2) is 168 Å². The monoisotopic (exact) mass is 617 g/mol. The number of hydrogen-bond acceptors (Lipinski definition) is 3. The van der Waals surface area contributed by atoms with Crippen molar-refractivity contribution in [2.24, 2.45) is 0 Å². The van der Waals surface area contributed by atoms with Gasteiger partial charge >= 0.3 is 0 Å². The number of hydrogen-bond donors (Lipinski definition) is 0. The lowest BCUT2D eigenvalue weighted by molar-refractivity contribution is 0.673. The van der Waals surface area contributed by atoms with Crippen LogP contribution >= 0.6 is 11.3 Å². The Morgan fingerprint density at radius 3 is 2.04 bits per heavy atom. The third-order valence-electron chi connectivity index (χ3n) is 9.43. The molecule has 0 fully saturated rings. The molecule has 0 spiro atoms. The van der Waals surface area contributed by atoms with E-state index in [4.69, 9.17) is 4.42 Å². The molecule has 10 rings (SSSR count). The van der Waals surface area contributed by atoms with E-state index < -0.39 is 0 Å². The zero-order chi connectivity index (χ0) is 30.9. The highest BCUT2D eigenvalue weighted by molar-refractivity contribution is 7.26. The molecule has 0 aliphatic heterocycles. The molecular formula is C44H27NOS. The summed E-state index contributed by atoms with van der Waals surface area (Å²) in [5.74, 6) is 0. The van der Waals surface area contributed by atoms with Crippen molar-refractivity contribution in [3.05, 3.63) is 164 Å². The molecule has 0 N–H and O–H groups in total. The average molecular weight is 618 g/mol. The lowest BCUT2D eigenvalue weighted by Gasteiger charge is -2.28. The second kappa shape index (κ2) is 10.3. The minimum Gasteiger partial charge on any atom is -0.455 e. The minimum atomic E-state index is 0.902. The summed E-state index contributed by atoms with van der Waals surface area (Å²) >= 11 is 1.85. The summed E-state index contributed by atoms with van der Waals surface area (Å²) in [6, 6.07) is 59.0. The van der Waals surface area contributed by atoms with Crippen LogP contribution in [0.25, 0.3) is 74.8 Å². The molecule has 0 saturated heterocycles. The fraction of sp³-hybridized carbons (Fsp3) is 0. The number of furan rings is 1. The average Bonchev–Trinajstić information content (AvgIpc) is 3.71. The third-order valence-corrected chi connectivity index (χ3v) is 10.6. The van der Waals surface area contributed by atoms with Gasteiger partial charge in [-0.05, 0) is 70.4 Å². The van der Waals surface area contributed by atoms with Crippen LogP contribution in [0.3, 0.4) is 0 Å². The van der Waals surface area contributed by atoms with E-state index in [-0.39, 0.29) is 0 Å². The maximum Gasteiger partial charge on any atom is 0.143 e. The van der Waals surface area contributed by atoms with Crippen molar-refractivity contribution in [1.29, 1.82) is 0 Å². The first-order valence-corrected chi connectivity index (χ1v) is 16.7. The molecule has 0 bridgehead atoms. The predicted molar refractivity (Wildman–Crippen MR) is 202 cm³/mol. The van der Waals surface area contributed by atoms with Crippen molar-refractivity contribution < 1.29 is 4.42 Å². The van der Waals surface area contributed by atoms with Gasteiger partial charge in [-0.3, -0.25) is 0 Å². The SMILES string of the molecule is c1cc(-c2cccc3oc4c5ccccc5ccc4c23)cc(N(c2cccc3ccccc23)c2cccc3sc4ccccc4c23)c1. The Morgan fingerprint density at radius 2 is 1.13 bits per heavy atom. The molecule has 2 aromatic heterocycles. The number of rotatable bonds is 4. The molecule has 220 valence electrons. The van der Waals surface area contributed by atoms with Crippen LogP contribution in [0.5, 0.6) is 0 Å². The summed E-state index contributed by atoms with van der Waals surface area (Å²) in [6.45, 7) is 0. The zero-order valence-corrected chi connectivity index (χ0v) is 26.2. The smallest absolute Gasteiger partial charge is 0.143 e. The molecule has 2 nitrogen and oxygen atoms in total. The van der Waals surface area contributed by atoms with E-state index in [1.807, 2.05) is 11.3 Å². The van der Waals surface area contributed by atoms with E-state index in [1.165, 1.54) is 42.0 Å². The molecular weight excluding hydrogens is 591 g/mol. The van der Waals surface area contributed by atoms with Gasteiger partial charge in [0.1, 0.15) is 11.2 Å².